The van der Waals surface area contributed by atoms with Crippen LogP contribution in [-0.2, 0) is 0 Å². The number of nitrogens with zero attached hydrogens (tertiary/aromatic N) is 1. The lowest BCUT2D eigenvalue weighted by Gasteiger charge is -2.08. The smallest absolute Gasteiger partial charge is 0.185 e. The van der Waals surface area contributed by atoms with Gasteiger partial charge in [0.2, 0.25) is 0 Å². The van der Waals surface area contributed by atoms with Crippen molar-refractivity contribution in [3.05, 3.63) is 90.1 Å². The van der Waals surface area contributed by atoms with E-state index in [1.807, 2.05) is 42.5 Å². The van der Waals surface area contributed by atoms with Crippen LogP contribution in [0.3, 0.4) is 0 Å². The highest BCUT2D eigenvalue weighted by molar-refractivity contribution is 6.07. The molecule has 0 fully saturated rings. The molecule has 1 N–H and O–H groups in total. The van der Waals surface area contributed by atoms with Gasteiger partial charge in [-0.3, -0.25) is 4.79 Å². The maximum atomic E-state index is 12.3. The summed E-state index contributed by atoms with van der Waals surface area (Å²) in [6.07, 6.45) is 5.04. The van der Waals surface area contributed by atoms with Gasteiger partial charge in [0.05, 0.1) is 7.11 Å². The molecule has 0 radical (unpaired) electrons. The summed E-state index contributed by atoms with van der Waals surface area (Å²) in [5, 5.41) is 3.26. The fourth-order valence-electron chi connectivity index (χ4n) is 2.33. The van der Waals surface area contributed by atoms with Crippen molar-refractivity contribution < 1.29 is 9.53 Å². The molecular formula is C21H18N2O2. The minimum absolute atomic E-state index is 0.0721. The van der Waals surface area contributed by atoms with Crippen LogP contribution in [0.15, 0.2) is 79.0 Å². The Balaban J connectivity index is 1.77. The Kier molecular flexibility index (Phi) is 5.22. The Morgan fingerprint density at radius 2 is 1.76 bits per heavy atom. The molecule has 0 aliphatic heterocycles. The highest BCUT2D eigenvalue weighted by atomic mass is 16.5. The number of hydrogen-bond acceptors (Lipinski definition) is 4. The first-order valence-electron chi connectivity index (χ1n) is 7.90. The van der Waals surface area contributed by atoms with Crippen molar-refractivity contribution in [2.24, 2.45) is 0 Å². The highest BCUT2D eigenvalue weighted by Crippen LogP contribution is 2.20. The van der Waals surface area contributed by atoms with Crippen LogP contribution in [-0.4, -0.2) is 17.9 Å². The third kappa shape index (κ3) is 4.32. The standard InChI is InChI=1S/C21H18N2O2/c1-25-19-12-9-16(10-13-19)20(24)14-11-17-6-5-15-22-21(17)23-18-7-3-2-4-8-18/h2-15H,1H3,(H,22,23). The van der Waals surface area contributed by atoms with E-state index in [1.165, 1.54) is 0 Å². The number of ether oxygens (including phenoxy) is 1. The zero-order valence-corrected chi connectivity index (χ0v) is 13.8. The quantitative estimate of drug-likeness (QED) is 0.524. The maximum Gasteiger partial charge on any atom is 0.185 e. The number of carbonyl (C=O) groups is 1. The largest absolute Gasteiger partial charge is 0.497 e. The number of rotatable bonds is 6. The van der Waals surface area contributed by atoms with E-state index in [0.29, 0.717) is 11.4 Å². The van der Waals surface area contributed by atoms with E-state index in [0.717, 1.165) is 17.0 Å². The summed E-state index contributed by atoms with van der Waals surface area (Å²) >= 11 is 0. The molecule has 0 amide bonds. The van der Waals surface area contributed by atoms with Crippen molar-refractivity contribution in [3.63, 3.8) is 0 Å². The summed E-state index contributed by atoms with van der Waals surface area (Å²) in [6.45, 7) is 0. The van der Waals surface area contributed by atoms with Gasteiger partial charge in [-0.2, -0.15) is 0 Å². The van der Waals surface area contributed by atoms with Gasteiger partial charge in [0.15, 0.2) is 5.78 Å². The number of benzene rings is 2. The monoisotopic (exact) mass is 330 g/mol. The average Bonchev–Trinajstić information content (AvgIpc) is 2.68. The number of aromatic nitrogens is 1. The predicted molar refractivity (Wildman–Crippen MR) is 100 cm³/mol. The van der Waals surface area contributed by atoms with Gasteiger partial charge in [-0.05, 0) is 60.7 Å². The number of anilines is 2. The summed E-state index contributed by atoms with van der Waals surface area (Å²) in [7, 11) is 1.60. The van der Waals surface area contributed by atoms with Crippen LogP contribution in [0.4, 0.5) is 11.5 Å². The first-order chi connectivity index (χ1) is 12.3. The van der Waals surface area contributed by atoms with Gasteiger partial charge in [-0.1, -0.05) is 18.2 Å². The molecule has 25 heavy (non-hydrogen) atoms. The maximum absolute atomic E-state index is 12.3. The number of ketones is 1. The van der Waals surface area contributed by atoms with E-state index < -0.39 is 0 Å². The Hall–Kier alpha value is -3.40. The van der Waals surface area contributed by atoms with E-state index >= 15 is 0 Å². The number of para-hydroxylation sites is 1. The predicted octanol–water partition coefficient (Wildman–Crippen LogP) is 4.73. The molecule has 0 aliphatic rings. The summed E-state index contributed by atoms with van der Waals surface area (Å²) < 4.78 is 5.10. The summed E-state index contributed by atoms with van der Waals surface area (Å²) in [5.74, 6) is 1.35. The minimum atomic E-state index is -0.0721. The molecule has 0 aliphatic carbocycles. The molecular weight excluding hydrogens is 312 g/mol. The van der Waals surface area contributed by atoms with E-state index in [-0.39, 0.29) is 5.78 Å². The second-order valence-corrected chi connectivity index (χ2v) is 5.36. The van der Waals surface area contributed by atoms with Crippen LogP contribution in [0.1, 0.15) is 15.9 Å². The van der Waals surface area contributed by atoms with E-state index in [2.05, 4.69) is 10.3 Å². The van der Waals surface area contributed by atoms with Gasteiger partial charge in [0.1, 0.15) is 11.6 Å². The van der Waals surface area contributed by atoms with Gasteiger partial charge in [-0.25, -0.2) is 4.98 Å². The van der Waals surface area contributed by atoms with Crippen molar-refractivity contribution in [2.45, 2.75) is 0 Å². The number of hydrogen-bond donors (Lipinski definition) is 1. The molecule has 3 rings (SSSR count). The van der Waals surface area contributed by atoms with Gasteiger partial charge in [-0.15, -0.1) is 0 Å². The zero-order chi connectivity index (χ0) is 17.5. The number of methoxy groups -OCH3 is 1. The molecule has 0 saturated heterocycles. The topological polar surface area (TPSA) is 51.2 Å². The SMILES string of the molecule is COc1ccc(C(=O)C=Cc2cccnc2Nc2ccccc2)cc1. The minimum Gasteiger partial charge on any atom is -0.497 e. The van der Waals surface area contributed by atoms with Crippen molar-refractivity contribution >= 4 is 23.4 Å². The average molecular weight is 330 g/mol. The van der Waals surface area contributed by atoms with Gasteiger partial charge in [0.25, 0.3) is 0 Å². The third-order valence-electron chi connectivity index (χ3n) is 3.66. The fourth-order valence-corrected chi connectivity index (χ4v) is 2.33. The molecule has 4 heteroatoms. The highest BCUT2D eigenvalue weighted by Gasteiger charge is 2.04. The first-order valence-corrected chi connectivity index (χ1v) is 7.90. The lowest BCUT2D eigenvalue weighted by molar-refractivity contribution is 0.104. The molecule has 0 atom stereocenters. The summed E-state index contributed by atoms with van der Waals surface area (Å²) in [5.41, 5.74) is 2.39. The Morgan fingerprint density at radius 1 is 1.00 bits per heavy atom. The van der Waals surface area contributed by atoms with Crippen molar-refractivity contribution in [2.75, 3.05) is 12.4 Å². The molecule has 1 aromatic heterocycles. The molecule has 3 aromatic rings. The van der Waals surface area contributed by atoms with Crippen LogP contribution in [0.25, 0.3) is 6.08 Å². The van der Waals surface area contributed by atoms with E-state index in [9.17, 15) is 4.79 Å². The van der Waals surface area contributed by atoms with Gasteiger partial charge >= 0.3 is 0 Å². The fraction of sp³-hybridized carbons (Fsp3) is 0.0476. The molecule has 2 aromatic carbocycles. The lowest BCUT2D eigenvalue weighted by Crippen LogP contribution is -1.97. The van der Waals surface area contributed by atoms with E-state index in [4.69, 9.17) is 4.74 Å². The Labute approximate surface area is 146 Å². The summed E-state index contributed by atoms with van der Waals surface area (Å²) in [6, 6.07) is 20.6. The lowest BCUT2D eigenvalue weighted by atomic mass is 10.1. The van der Waals surface area contributed by atoms with E-state index in [1.54, 1.807) is 49.7 Å². The van der Waals surface area contributed by atoms with Crippen LogP contribution < -0.4 is 10.1 Å². The normalized spacial score (nSPS) is 10.6. The number of pyridine rings is 1. The molecule has 124 valence electrons. The number of carbonyl (C=O) groups excluding carboxylic acids is 1. The van der Waals surface area contributed by atoms with Gasteiger partial charge < -0.3 is 10.1 Å². The number of nitrogens with one attached hydrogen (secondary N) is 1. The second-order valence-electron chi connectivity index (χ2n) is 5.36. The molecule has 0 saturated carbocycles. The zero-order valence-electron chi connectivity index (χ0n) is 13.8. The van der Waals surface area contributed by atoms with Crippen LogP contribution in [0.2, 0.25) is 0 Å². The Morgan fingerprint density at radius 3 is 2.48 bits per heavy atom. The van der Waals surface area contributed by atoms with Crippen LogP contribution in [0.5, 0.6) is 5.75 Å². The van der Waals surface area contributed by atoms with Crippen molar-refractivity contribution in [1.29, 1.82) is 0 Å². The van der Waals surface area contributed by atoms with Crippen LogP contribution >= 0.6 is 0 Å². The molecule has 0 bridgehead atoms. The summed E-state index contributed by atoms with van der Waals surface area (Å²) in [4.78, 5) is 16.7. The molecule has 1 heterocycles. The molecule has 0 unspecified atom stereocenters. The number of allylic oxidation sites excluding steroid dienone is 1. The molecule has 0 spiro atoms. The Bertz CT molecular complexity index is 872. The van der Waals surface area contributed by atoms with Crippen molar-refractivity contribution in [3.8, 4) is 5.75 Å². The molecule has 4 nitrogen and oxygen atoms in total. The second kappa shape index (κ2) is 7.93. The van der Waals surface area contributed by atoms with Crippen LogP contribution in [0, 0.1) is 0 Å². The third-order valence-corrected chi connectivity index (χ3v) is 3.66. The first kappa shape index (κ1) is 16.5. The van der Waals surface area contributed by atoms with Crippen molar-refractivity contribution in [1.82, 2.24) is 4.98 Å². The van der Waals surface area contributed by atoms with Gasteiger partial charge in [0, 0.05) is 23.0 Å².